The van der Waals surface area contributed by atoms with Crippen LogP contribution in [-0.2, 0) is 15.6 Å². The second-order valence-electron chi connectivity index (χ2n) is 3.37. The van der Waals surface area contributed by atoms with E-state index in [2.05, 4.69) is 21.2 Å². The summed E-state index contributed by atoms with van der Waals surface area (Å²) >= 11 is 3.30. The summed E-state index contributed by atoms with van der Waals surface area (Å²) in [6, 6.07) is 0. The average molecular weight is 284 g/mol. The van der Waals surface area contributed by atoms with Crippen molar-refractivity contribution < 1.29 is 9.00 Å². The Morgan fingerprint density at radius 3 is 2.50 bits per heavy atom. The summed E-state index contributed by atoms with van der Waals surface area (Å²) in [5.41, 5.74) is 0. The normalized spacial score (nSPS) is 15.2. The second-order valence-corrected chi connectivity index (χ2v) is 6.22. The van der Waals surface area contributed by atoms with E-state index in [4.69, 9.17) is 0 Å². The molecule has 0 rings (SSSR count). The standard InChI is InChI=1S/C9H18BrNO2S/c1-4-14(13)6-5-11-9(12)8(10)7(2)3/h7-8H,4-6H2,1-3H3,(H,11,12). The van der Waals surface area contributed by atoms with Crippen molar-refractivity contribution in [2.75, 3.05) is 18.1 Å². The lowest BCUT2D eigenvalue weighted by atomic mass is 10.1. The molecule has 14 heavy (non-hydrogen) atoms. The Hall–Kier alpha value is 0.1000. The molecule has 5 heteroatoms. The molecule has 0 aliphatic rings. The van der Waals surface area contributed by atoms with Crippen LogP contribution >= 0.6 is 15.9 Å². The fourth-order valence-corrected chi connectivity index (χ4v) is 1.61. The summed E-state index contributed by atoms with van der Waals surface area (Å²) in [6.07, 6.45) is 0. The van der Waals surface area contributed by atoms with Crippen LogP contribution in [0.25, 0.3) is 0 Å². The molecule has 0 radical (unpaired) electrons. The molecule has 3 nitrogen and oxygen atoms in total. The number of carbonyl (C=O) groups excluding carboxylic acids is 1. The monoisotopic (exact) mass is 283 g/mol. The van der Waals surface area contributed by atoms with E-state index in [0.29, 0.717) is 18.1 Å². The summed E-state index contributed by atoms with van der Waals surface area (Å²) in [6.45, 7) is 6.32. The van der Waals surface area contributed by atoms with Crippen molar-refractivity contribution in [3.8, 4) is 0 Å². The van der Waals surface area contributed by atoms with E-state index in [-0.39, 0.29) is 16.7 Å². The van der Waals surface area contributed by atoms with Crippen molar-refractivity contribution in [3.63, 3.8) is 0 Å². The summed E-state index contributed by atoms with van der Waals surface area (Å²) in [5, 5.41) is 2.75. The number of hydrogen-bond acceptors (Lipinski definition) is 2. The van der Waals surface area contributed by atoms with Crippen molar-refractivity contribution in [1.82, 2.24) is 5.32 Å². The van der Waals surface area contributed by atoms with Gasteiger partial charge in [-0.15, -0.1) is 0 Å². The van der Waals surface area contributed by atoms with Gasteiger partial charge in [-0.2, -0.15) is 0 Å². The zero-order valence-electron chi connectivity index (χ0n) is 8.88. The molecule has 0 aliphatic carbocycles. The van der Waals surface area contributed by atoms with Gasteiger partial charge in [0, 0.05) is 28.9 Å². The third-order valence-electron chi connectivity index (χ3n) is 1.79. The van der Waals surface area contributed by atoms with E-state index in [9.17, 15) is 9.00 Å². The van der Waals surface area contributed by atoms with Crippen molar-refractivity contribution in [1.29, 1.82) is 0 Å². The van der Waals surface area contributed by atoms with Gasteiger partial charge >= 0.3 is 0 Å². The van der Waals surface area contributed by atoms with E-state index >= 15 is 0 Å². The SMILES string of the molecule is CCS(=O)CCNC(=O)C(Br)C(C)C. The van der Waals surface area contributed by atoms with Gasteiger partial charge in [0.25, 0.3) is 0 Å². The van der Waals surface area contributed by atoms with E-state index in [0.717, 1.165) is 0 Å². The smallest absolute Gasteiger partial charge is 0.234 e. The van der Waals surface area contributed by atoms with Crippen LogP contribution in [0.15, 0.2) is 0 Å². The molecular formula is C9H18BrNO2S. The Bertz CT molecular complexity index is 209. The largest absolute Gasteiger partial charge is 0.354 e. The van der Waals surface area contributed by atoms with Crippen molar-refractivity contribution >= 4 is 32.6 Å². The summed E-state index contributed by atoms with van der Waals surface area (Å²) in [5.74, 6) is 1.44. The lowest BCUT2D eigenvalue weighted by molar-refractivity contribution is -0.120. The van der Waals surface area contributed by atoms with E-state index in [1.165, 1.54) is 0 Å². The highest BCUT2D eigenvalue weighted by Gasteiger charge is 2.17. The Labute approximate surface area is 96.6 Å². The number of halogens is 1. The van der Waals surface area contributed by atoms with Gasteiger partial charge < -0.3 is 5.32 Å². The number of alkyl halides is 1. The fourth-order valence-electron chi connectivity index (χ4n) is 0.833. The molecule has 0 aliphatic heterocycles. The molecule has 0 bridgehead atoms. The van der Waals surface area contributed by atoms with Gasteiger partial charge in [0.2, 0.25) is 5.91 Å². The zero-order chi connectivity index (χ0) is 11.1. The van der Waals surface area contributed by atoms with E-state index < -0.39 is 10.8 Å². The molecule has 0 spiro atoms. The molecule has 0 saturated heterocycles. The predicted octanol–water partition coefficient (Wildman–Crippen LogP) is 1.29. The highest BCUT2D eigenvalue weighted by molar-refractivity contribution is 9.10. The highest BCUT2D eigenvalue weighted by Crippen LogP contribution is 2.11. The third-order valence-corrected chi connectivity index (χ3v) is 4.56. The molecule has 1 N–H and O–H groups in total. The molecule has 0 aromatic rings. The van der Waals surface area contributed by atoms with Gasteiger partial charge in [-0.1, -0.05) is 36.7 Å². The Balaban J connectivity index is 3.69. The van der Waals surface area contributed by atoms with Gasteiger partial charge in [-0.25, -0.2) is 0 Å². The van der Waals surface area contributed by atoms with E-state index in [1.54, 1.807) is 0 Å². The van der Waals surface area contributed by atoms with E-state index in [1.807, 2.05) is 20.8 Å². The van der Waals surface area contributed by atoms with Crippen LogP contribution in [0.5, 0.6) is 0 Å². The molecule has 2 unspecified atom stereocenters. The van der Waals surface area contributed by atoms with Crippen LogP contribution in [0.3, 0.4) is 0 Å². The second kappa shape index (κ2) is 7.40. The van der Waals surface area contributed by atoms with Gasteiger partial charge in [0.05, 0.1) is 4.83 Å². The third kappa shape index (κ3) is 5.75. The lowest BCUT2D eigenvalue weighted by Gasteiger charge is -2.13. The topological polar surface area (TPSA) is 46.2 Å². The zero-order valence-corrected chi connectivity index (χ0v) is 11.3. The van der Waals surface area contributed by atoms with Crippen LogP contribution < -0.4 is 5.32 Å². The van der Waals surface area contributed by atoms with Crippen LogP contribution in [-0.4, -0.2) is 33.0 Å². The molecule has 0 heterocycles. The van der Waals surface area contributed by atoms with Crippen LogP contribution in [0.2, 0.25) is 0 Å². The maximum Gasteiger partial charge on any atom is 0.234 e. The molecule has 2 atom stereocenters. The average Bonchev–Trinajstić information content (AvgIpc) is 2.15. The van der Waals surface area contributed by atoms with Gasteiger partial charge in [0.1, 0.15) is 0 Å². The van der Waals surface area contributed by atoms with Gasteiger partial charge in [0.15, 0.2) is 0 Å². The quantitative estimate of drug-likeness (QED) is 0.747. The Morgan fingerprint density at radius 1 is 1.50 bits per heavy atom. The maximum absolute atomic E-state index is 11.4. The van der Waals surface area contributed by atoms with Crippen molar-refractivity contribution in [3.05, 3.63) is 0 Å². The van der Waals surface area contributed by atoms with Crippen LogP contribution in [0, 0.1) is 5.92 Å². The van der Waals surface area contributed by atoms with Crippen molar-refractivity contribution in [2.24, 2.45) is 5.92 Å². The molecule has 0 aromatic carbocycles. The van der Waals surface area contributed by atoms with Crippen molar-refractivity contribution in [2.45, 2.75) is 25.6 Å². The minimum atomic E-state index is -0.797. The molecule has 84 valence electrons. The number of amides is 1. The molecule has 1 amide bonds. The summed E-state index contributed by atoms with van der Waals surface area (Å²) in [7, 11) is -0.797. The predicted molar refractivity (Wildman–Crippen MR) is 64.1 cm³/mol. The number of nitrogens with one attached hydrogen (secondary N) is 1. The molecular weight excluding hydrogens is 266 g/mol. The first-order valence-electron chi connectivity index (χ1n) is 4.75. The van der Waals surface area contributed by atoms with Gasteiger partial charge in [-0.05, 0) is 5.92 Å². The molecule has 0 saturated carbocycles. The first-order chi connectivity index (χ1) is 6.49. The lowest BCUT2D eigenvalue weighted by Crippen LogP contribution is -2.36. The Morgan fingerprint density at radius 2 is 2.07 bits per heavy atom. The van der Waals surface area contributed by atoms with Crippen LogP contribution in [0.4, 0.5) is 0 Å². The van der Waals surface area contributed by atoms with Crippen LogP contribution in [0.1, 0.15) is 20.8 Å². The number of carbonyl (C=O) groups is 1. The summed E-state index contributed by atoms with van der Waals surface area (Å²) < 4.78 is 11.0. The first-order valence-corrected chi connectivity index (χ1v) is 7.16. The highest BCUT2D eigenvalue weighted by atomic mass is 79.9. The molecule has 0 aromatic heterocycles. The number of hydrogen-bond donors (Lipinski definition) is 1. The summed E-state index contributed by atoms with van der Waals surface area (Å²) in [4.78, 5) is 11.2. The minimum absolute atomic E-state index is 0.0203. The Kier molecular flexibility index (Phi) is 7.45. The first kappa shape index (κ1) is 14.1. The fraction of sp³-hybridized carbons (Fsp3) is 0.889. The molecule has 0 fully saturated rings. The minimum Gasteiger partial charge on any atom is -0.354 e. The van der Waals surface area contributed by atoms with Gasteiger partial charge in [-0.3, -0.25) is 9.00 Å². The maximum atomic E-state index is 11.4. The number of rotatable bonds is 6.